The summed E-state index contributed by atoms with van der Waals surface area (Å²) in [6, 6.07) is 30.8. The number of tetrazole rings is 1. The Balaban J connectivity index is 1.64. The van der Waals surface area contributed by atoms with Gasteiger partial charge in [0.1, 0.15) is 0 Å². The van der Waals surface area contributed by atoms with E-state index in [2.05, 4.69) is 46.7 Å². The molecule has 4 aromatic rings. The van der Waals surface area contributed by atoms with Gasteiger partial charge in [0.25, 0.3) is 0 Å². The topological polar surface area (TPSA) is 80.9 Å². The summed E-state index contributed by atoms with van der Waals surface area (Å²) in [5.74, 6) is -0.171. The van der Waals surface area contributed by atoms with Crippen LogP contribution in [-0.4, -0.2) is 31.3 Å². The largest absolute Gasteiger partial charge is 0.481 e. The molecular formula is C27H26N4O2. The van der Waals surface area contributed by atoms with Crippen LogP contribution in [0.1, 0.15) is 54.1 Å². The van der Waals surface area contributed by atoms with Gasteiger partial charge in [-0.15, -0.1) is 15.0 Å². The van der Waals surface area contributed by atoms with Gasteiger partial charge < -0.3 is 5.11 Å². The van der Waals surface area contributed by atoms with E-state index < -0.39 is 11.5 Å². The SMILES string of the molecule is O=C(O)C1CCC(c2nnn(C(c3ccccc3)(c3ccccc3)c3ccccc3)n2)CC1. The number of hydrogen-bond donors (Lipinski definition) is 1. The van der Waals surface area contributed by atoms with Gasteiger partial charge in [0.15, 0.2) is 11.4 Å². The minimum absolute atomic E-state index is 0.120. The fraction of sp³-hybridized carbons (Fsp3) is 0.259. The molecule has 166 valence electrons. The Bertz CT molecular complexity index is 1100. The Morgan fingerprint density at radius 3 is 1.64 bits per heavy atom. The molecular weight excluding hydrogens is 412 g/mol. The first kappa shape index (κ1) is 21.1. The monoisotopic (exact) mass is 438 g/mol. The second kappa shape index (κ2) is 8.98. The first-order valence-corrected chi connectivity index (χ1v) is 11.4. The van der Waals surface area contributed by atoms with Gasteiger partial charge in [0.2, 0.25) is 0 Å². The fourth-order valence-corrected chi connectivity index (χ4v) is 5.01. The molecule has 0 bridgehead atoms. The van der Waals surface area contributed by atoms with E-state index >= 15 is 0 Å². The third kappa shape index (κ3) is 3.82. The Labute approximate surface area is 192 Å². The lowest BCUT2D eigenvalue weighted by Crippen LogP contribution is -2.39. The van der Waals surface area contributed by atoms with Gasteiger partial charge in [-0.1, -0.05) is 91.0 Å². The number of nitrogens with zero attached hydrogens (tertiary/aromatic N) is 4. The molecule has 1 aromatic heterocycles. The van der Waals surface area contributed by atoms with Crippen LogP contribution in [-0.2, 0) is 10.3 Å². The summed E-state index contributed by atoms with van der Waals surface area (Å²) in [6.07, 6.45) is 2.82. The zero-order chi connectivity index (χ0) is 22.7. The molecule has 6 nitrogen and oxygen atoms in total. The summed E-state index contributed by atoms with van der Waals surface area (Å²) in [5, 5.41) is 23.4. The summed E-state index contributed by atoms with van der Waals surface area (Å²) in [7, 11) is 0. The number of aliphatic carboxylic acids is 1. The van der Waals surface area contributed by atoms with Gasteiger partial charge in [0.05, 0.1) is 5.92 Å². The highest BCUT2D eigenvalue weighted by Gasteiger charge is 2.41. The van der Waals surface area contributed by atoms with Crippen molar-refractivity contribution < 1.29 is 9.90 Å². The molecule has 0 amide bonds. The molecule has 6 heteroatoms. The van der Waals surface area contributed by atoms with E-state index in [-0.39, 0.29) is 11.8 Å². The molecule has 33 heavy (non-hydrogen) atoms. The van der Waals surface area contributed by atoms with E-state index in [0.717, 1.165) is 29.5 Å². The average molecular weight is 439 g/mol. The van der Waals surface area contributed by atoms with Crippen molar-refractivity contribution in [1.82, 2.24) is 20.2 Å². The molecule has 1 aliphatic rings. The minimum Gasteiger partial charge on any atom is -0.481 e. The van der Waals surface area contributed by atoms with E-state index in [0.29, 0.717) is 18.7 Å². The third-order valence-electron chi connectivity index (χ3n) is 6.75. The Morgan fingerprint density at radius 1 is 0.758 bits per heavy atom. The molecule has 0 atom stereocenters. The van der Waals surface area contributed by atoms with Crippen LogP contribution >= 0.6 is 0 Å². The number of carboxylic acids is 1. The van der Waals surface area contributed by atoms with Gasteiger partial charge in [-0.3, -0.25) is 4.79 Å². The lowest BCUT2D eigenvalue weighted by Gasteiger charge is -2.34. The van der Waals surface area contributed by atoms with Crippen molar-refractivity contribution in [3.63, 3.8) is 0 Å². The highest BCUT2D eigenvalue weighted by atomic mass is 16.4. The number of hydrogen-bond acceptors (Lipinski definition) is 4. The highest BCUT2D eigenvalue weighted by molar-refractivity contribution is 5.70. The quantitative estimate of drug-likeness (QED) is 0.434. The van der Waals surface area contributed by atoms with Crippen molar-refractivity contribution in [1.29, 1.82) is 0 Å². The average Bonchev–Trinajstić information content (AvgIpc) is 3.37. The molecule has 0 saturated heterocycles. The second-order valence-electron chi connectivity index (χ2n) is 8.63. The Morgan fingerprint density at radius 2 is 1.21 bits per heavy atom. The van der Waals surface area contributed by atoms with E-state index in [1.165, 1.54) is 0 Å². The summed E-state index contributed by atoms with van der Waals surface area (Å²) in [6.45, 7) is 0. The smallest absolute Gasteiger partial charge is 0.306 e. The molecule has 1 fully saturated rings. The molecule has 0 spiro atoms. The first-order valence-electron chi connectivity index (χ1n) is 11.4. The predicted molar refractivity (Wildman–Crippen MR) is 125 cm³/mol. The van der Waals surface area contributed by atoms with Crippen LogP contribution in [0.3, 0.4) is 0 Å². The lowest BCUT2D eigenvalue weighted by molar-refractivity contribution is -0.142. The Kier molecular flexibility index (Phi) is 5.73. The maximum atomic E-state index is 11.4. The van der Waals surface area contributed by atoms with Gasteiger partial charge in [-0.25, -0.2) is 0 Å². The van der Waals surface area contributed by atoms with Crippen molar-refractivity contribution >= 4 is 5.97 Å². The first-order chi connectivity index (χ1) is 16.2. The second-order valence-corrected chi connectivity index (χ2v) is 8.63. The number of carbonyl (C=O) groups is 1. The number of rotatable bonds is 6. The van der Waals surface area contributed by atoms with Crippen LogP contribution in [0.2, 0.25) is 0 Å². The van der Waals surface area contributed by atoms with Crippen molar-refractivity contribution in [2.75, 3.05) is 0 Å². The molecule has 3 aromatic carbocycles. The van der Waals surface area contributed by atoms with Crippen molar-refractivity contribution in [3.05, 3.63) is 114 Å². The minimum atomic E-state index is -0.784. The predicted octanol–water partition coefficient (Wildman–Crippen LogP) is 4.87. The third-order valence-corrected chi connectivity index (χ3v) is 6.75. The lowest BCUT2D eigenvalue weighted by atomic mass is 9.77. The van der Waals surface area contributed by atoms with Gasteiger partial charge in [0, 0.05) is 5.92 Å². The maximum absolute atomic E-state index is 11.4. The summed E-state index contributed by atoms with van der Waals surface area (Å²) in [4.78, 5) is 13.1. The number of benzene rings is 3. The van der Waals surface area contributed by atoms with Crippen molar-refractivity contribution in [2.24, 2.45) is 5.92 Å². The molecule has 1 heterocycles. The number of aromatic nitrogens is 4. The van der Waals surface area contributed by atoms with Crippen molar-refractivity contribution in [2.45, 2.75) is 37.1 Å². The molecule has 0 radical (unpaired) electrons. The van der Waals surface area contributed by atoms with E-state index in [9.17, 15) is 9.90 Å². The molecule has 5 rings (SSSR count). The Hall–Kier alpha value is -3.80. The zero-order valence-electron chi connectivity index (χ0n) is 18.3. The van der Waals surface area contributed by atoms with Crippen LogP contribution < -0.4 is 0 Å². The molecule has 1 aliphatic carbocycles. The maximum Gasteiger partial charge on any atom is 0.306 e. The summed E-state index contributed by atoms with van der Waals surface area (Å²) >= 11 is 0. The van der Waals surface area contributed by atoms with Crippen LogP contribution in [0.4, 0.5) is 0 Å². The van der Waals surface area contributed by atoms with Gasteiger partial charge in [-0.05, 0) is 47.6 Å². The van der Waals surface area contributed by atoms with Crippen molar-refractivity contribution in [3.8, 4) is 0 Å². The highest BCUT2D eigenvalue weighted by Crippen LogP contribution is 2.40. The molecule has 1 saturated carbocycles. The van der Waals surface area contributed by atoms with Crippen LogP contribution in [0.15, 0.2) is 91.0 Å². The zero-order valence-corrected chi connectivity index (χ0v) is 18.3. The number of carboxylic acid groups (broad SMARTS) is 1. The van der Waals surface area contributed by atoms with E-state index in [1.807, 2.05) is 54.6 Å². The molecule has 0 unspecified atom stereocenters. The standard InChI is InChI=1S/C27H26N4O2/c32-26(33)21-18-16-20(17-19-21)25-28-30-31(29-25)27(22-10-4-1-5-11-22,23-12-6-2-7-13-23)24-14-8-3-9-15-24/h1-15,20-21H,16-19H2,(H,32,33). The van der Waals surface area contributed by atoms with Gasteiger partial charge >= 0.3 is 5.97 Å². The van der Waals surface area contributed by atoms with Gasteiger partial charge in [-0.2, -0.15) is 0 Å². The summed E-state index contributed by atoms with van der Waals surface area (Å²) < 4.78 is 0. The fourth-order valence-electron chi connectivity index (χ4n) is 5.01. The van der Waals surface area contributed by atoms with Crippen LogP contribution in [0.5, 0.6) is 0 Å². The van der Waals surface area contributed by atoms with E-state index in [4.69, 9.17) is 5.10 Å². The summed E-state index contributed by atoms with van der Waals surface area (Å²) in [5.41, 5.74) is 2.34. The molecule has 1 N–H and O–H groups in total. The van der Waals surface area contributed by atoms with E-state index in [1.54, 1.807) is 4.80 Å². The van der Waals surface area contributed by atoms with Crippen LogP contribution in [0, 0.1) is 5.92 Å². The molecule has 0 aliphatic heterocycles. The van der Waals surface area contributed by atoms with Crippen LogP contribution in [0.25, 0.3) is 0 Å². The normalized spacial score (nSPS) is 18.7.